The van der Waals surface area contributed by atoms with Crippen molar-refractivity contribution in [1.29, 1.82) is 0 Å². The number of benzene rings is 3. The number of pyridine rings is 1. The molecule has 1 saturated heterocycles. The number of rotatable bonds is 8. The molecule has 3 aromatic carbocycles. The zero-order valence-corrected chi connectivity index (χ0v) is 24.5. The average molecular weight is 622 g/mol. The molecule has 1 unspecified atom stereocenters. The molecule has 3 heterocycles. The zero-order valence-electron chi connectivity index (χ0n) is 23.8. The van der Waals surface area contributed by atoms with Gasteiger partial charge in [0, 0.05) is 28.5 Å². The molecule has 44 heavy (non-hydrogen) atoms. The summed E-state index contributed by atoms with van der Waals surface area (Å²) in [6, 6.07) is 16.0. The lowest BCUT2D eigenvalue weighted by atomic mass is 9.87. The Labute approximate surface area is 255 Å². The molecule has 1 N–H and O–H groups in total. The highest BCUT2D eigenvalue weighted by Gasteiger charge is 2.39. The second-order valence-electron chi connectivity index (χ2n) is 11.4. The van der Waals surface area contributed by atoms with Crippen LogP contribution < -0.4 is 4.74 Å². The van der Waals surface area contributed by atoms with Crippen LogP contribution in [0.2, 0.25) is 5.02 Å². The Bertz CT molecular complexity index is 1890. The van der Waals surface area contributed by atoms with Crippen LogP contribution in [-0.4, -0.2) is 38.8 Å². The highest BCUT2D eigenvalue weighted by Crippen LogP contribution is 2.41. The van der Waals surface area contributed by atoms with Gasteiger partial charge in [-0.3, -0.25) is 0 Å². The molecule has 1 aliphatic heterocycles. The SMILES string of the molecule is CC1(C)COCC1n1c(Cc2cc(F)c(-c3cccc(OCc4ccc(Cl)cc4)n3)cc2F)nc2c(F)cc(C(=O)O)cc21. The maximum Gasteiger partial charge on any atom is 0.335 e. The number of hydrogen-bond donors (Lipinski definition) is 1. The summed E-state index contributed by atoms with van der Waals surface area (Å²) in [4.78, 5) is 20.5. The minimum Gasteiger partial charge on any atom is -0.478 e. The predicted molar refractivity (Wildman–Crippen MR) is 158 cm³/mol. The fraction of sp³-hybridized carbons (Fsp3) is 0.242. The Hall–Kier alpha value is -4.41. The van der Waals surface area contributed by atoms with E-state index in [2.05, 4.69) is 9.97 Å². The van der Waals surface area contributed by atoms with Crippen molar-refractivity contribution in [3.63, 3.8) is 0 Å². The lowest BCUT2D eigenvalue weighted by molar-refractivity contribution is 0.0696. The molecule has 0 bridgehead atoms. The fourth-order valence-corrected chi connectivity index (χ4v) is 5.58. The summed E-state index contributed by atoms with van der Waals surface area (Å²) in [7, 11) is 0. The van der Waals surface area contributed by atoms with Gasteiger partial charge in [-0.1, -0.05) is 43.6 Å². The van der Waals surface area contributed by atoms with Crippen molar-refractivity contribution < 1.29 is 32.5 Å². The van der Waals surface area contributed by atoms with Crippen molar-refractivity contribution in [2.24, 2.45) is 5.41 Å². The first kappa shape index (κ1) is 29.7. The molecule has 1 fully saturated rings. The molecule has 5 aromatic rings. The van der Waals surface area contributed by atoms with Crippen molar-refractivity contribution in [3.8, 4) is 17.1 Å². The van der Waals surface area contributed by atoms with Crippen LogP contribution in [0.3, 0.4) is 0 Å². The molecule has 226 valence electrons. The summed E-state index contributed by atoms with van der Waals surface area (Å²) >= 11 is 5.93. The number of carboxylic acid groups (broad SMARTS) is 1. The van der Waals surface area contributed by atoms with Gasteiger partial charge in [0.25, 0.3) is 0 Å². The number of ether oxygens (including phenoxy) is 2. The Kier molecular flexibility index (Phi) is 7.81. The Morgan fingerprint density at radius 2 is 1.82 bits per heavy atom. The number of fused-ring (bicyclic) bond motifs is 1. The molecule has 0 aliphatic carbocycles. The van der Waals surface area contributed by atoms with Crippen LogP contribution in [0.15, 0.2) is 66.7 Å². The van der Waals surface area contributed by atoms with E-state index < -0.39 is 28.8 Å². The van der Waals surface area contributed by atoms with Gasteiger partial charge in [0.2, 0.25) is 5.88 Å². The molecule has 2 aromatic heterocycles. The van der Waals surface area contributed by atoms with Crippen LogP contribution in [0.5, 0.6) is 5.88 Å². The Morgan fingerprint density at radius 1 is 1.05 bits per heavy atom. The number of nitrogens with zero attached hydrogens (tertiary/aromatic N) is 3. The molecule has 11 heteroatoms. The number of aromatic nitrogens is 3. The smallest absolute Gasteiger partial charge is 0.335 e. The second kappa shape index (κ2) is 11.6. The summed E-state index contributed by atoms with van der Waals surface area (Å²) in [6.45, 7) is 4.81. The van der Waals surface area contributed by atoms with Crippen molar-refractivity contribution in [3.05, 3.63) is 112 Å². The van der Waals surface area contributed by atoms with Crippen molar-refractivity contribution >= 4 is 28.6 Å². The first-order valence-corrected chi connectivity index (χ1v) is 14.2. The highest BCUT2D eigenvalue weighted by molar-refractivity contribution is 6.30. The average Bonchev–Trinajstić information content (AvgIpc) is 3.52. The van der Waals surface area contributed by atoms with E-state index in [4.69, 9.17) is 21.1 Å². The van der Waals surface area contributed by atoms with E-state index in [0.717, 1.165) is 23.8 Å². The van der Waals surface area contributed by atoms with Crippen LogP contribution in [0.4, 0.5) is 13.2 Å². The lowest BCUT2D eigenvalue weighted by Gasteiger charge is -2.28. The van der Waals surface area contributed by atoms with Crippen molar-refractivity contribution in [1.82, 2.24) is 14.5 Å². The van der Waals surface area contributed by atoms with Gasteiger partial charge in [0.05, 0.1) is 36.0 Å². The monoisotopic (exact) mass is 621 g/mol. The normalized spacial score (nSPS) is 16.0. The molecular weight excluding hydrogens is 595 g/mol. The van der Waals surface area contributed by atoms with Gasteiger partial charge in [-0.2, -0.15) is 0 Å². The number of carbonyl (C=O) groups is 1. The molecule has 7 nitrogen and oxygen atoms in total. The van der Waals surface area contributed by atoms with E-state index in [-0.39, 0.29) is 70.8 Å². The second-order valence-corrected chi connectivity index (χ2v) is 11.9. The third-order valence-electron chi connectivity index (χ3n) is 7.82. The van der Waals surface area contributed by atoms with Crippen LogP contribution >= 0.6 is 11.6 Å². The third-order valence-corrected chi connectivity index (χ3v) is 8.07. The first-order chi connectivity index (χ1) is 21.0. The van der Waals surface area contributed by atoms with Gasteiger partial charge < -0.3 is 19.1 Å². The minimum absolute atomic E-state index is 0.00598. The largest absolute Gasteiger partial charge is 0.478 e. The summed E-state index contributed by atoms with van der Waals surface area (Å²) in [5.41, 5.74) is 0.518. The van der Waals surface area contributed by atoms with Crippen LogP contribution in [0.1, 0.15) is 47.2 Å². The van der Waals surface area contributed by atoms with Crippen LogP contribution in [0.25, 0.3) is 22.3 Å². The lowest BCUT2D eigenvalue weighted by Crippen LogP contribution is -2.27. The van der Waals surface area contributed by atoms with E-state index in [1.54, 1.807) is 34.9 Å². The molecule has 0 saturated carbocycles. The van der Waals surface area contributed by atoms with Crippen LogP contribution in [-0.2, 0) is 17.8 Å². The third kappa shape index (κ3) is 5.75. The summed E-state index contributed by atoms with van der Waals surface area (Å²) in [6.07, 6.45) is -0.177. The summed E-state index contributed by atoms with van der Waals surface area (Å²) in [5.74, 6) is -3.04. The van der Waals surface area contributed by atoms with Crippen molar-refractivity contribution in [2.45, 2.75) is 32.9 Å². The highest BCUT2D eigenvalue weighted by atomic mass is 35.5. The van der Waals surface area contributed by atoms with Crippen molar-refractivity contribution in [2.75, 3.05) is 13.2 Å². The fourth-order valence-electron chi connectivity index (χ4n) is 5.45. The summed E-state index contributed by atoms with van der Waals surface area (Å²) in [5, 5.41) is 10.1. The van der Waals surface area contributed by atoms with E-state index in [1.807, 2.05) is 26.0 Å². The number of carboxylic acids is 1. The standard InChI is InChI=1S/C33H27ClF3N3O4/c1-33(2)17-43-16-28(33)40-27-12-20(32(41)42)11-25(37)31(27)39-29(40)13-19-10-24(36)22(14-23(19)35)26-4-3-5-30(38-26)44-15-18-6-8-21(34)9-7-18/h3-12,14,28H,13,15-17H2,1-2H3,(H,41,42). The molecule has 1 atom stereocenters. The van der Waals surface area contributed by atoms with E-state index >= 15 is 13.2 Å². The van der Waals surface area contributed by atoms with Gasteiger partial charge in [-0.25, -0.2) is 27.9 Å². The molecule has 1 aliphatic rings. The van der Waals surface area contributed by atoms with Gasteiger partial charge in [-0.15, -0.1) is 0 Å². The first-order valence-electron chi connectivity index (χ1n) is 13.8. The topological polar surface area (TPSA) is 86.5 Å². The number of hydrogen-bond acceptors (Lipinski definition) is 5. The maximum atomic E-state index is 15.6. The van der Waals surface area contributed by atoms with Gasteiger partial charge in [0.1, 0.15) is 29.6 Å². The molecule has 0 radical (unpaired) electrons. The zero-order chi connectivity index (χ0) is 31.2. The van der Waals surface area contributed by atoms with Gasteiger partial charge in [0.15, 0.2) is 5.82 Å². The molecule has 0 amide bonds. The molecular formula is C33H27ClF3N3O4. The van der Waals surface area contributed by atoms with E-state index in [0.29, 0.717) is 11.6 Å². The number of halogens is 4. The number of imidazole rings is 1. The minimum atomic E-state index is -1.29. The van der Waals surface area contributed by atoms with Gasteiger partial charge >= 0.3 is 5.97 Å². The van der Waals surface area contributed by atoms with E-state index in [1.165, 1.54) is 6.07 Å². The number of aromatic carboxylic acids is 1. The van der Waals surface area contributed by atoms with E-state index in [9.17, 15) is 9.90 Å². The molecule has 0 spiro atoms. The van der Waals surface area contributed by atoms with Crippen LogP contribution in [0, 0.1) is 22.9 Å². The predicted octanol–water partition coefficient (Wildman–Crippen LogP) is 7.63. The maximum absolute atomic E-state index is 15.6. The van der Waals surface area contributed by atoms with Gasteiger partial charge in [-0.05, 0) is 53.6 Å². The Morgan fingerprint density at radius 3 is 2.52 bits per heavy atom. The molecule has 6 rings (SSSR count). The Balaban J connectivity index is 1.34. The quantitative estimate of drug-likeness (QED) is 0.192. The summed E-state index contributed by atoms with van der Waals surface area (Å²) < 4.78 is 59.4.